The van der Waals surface area contributed by atoms with Gasteiger partial charge in [0.1, 0.15) is 0 Å². The molecule has 0 radical (unpaired) electrons. The predicted octanol–water partition coefficient (Wildman–Crippen LogP) is 3.04. The summed E-state index contributed by atoms with van der Waals surface area (Å²) >= 11 is 0. The monoisotopic (exact) mass is 321 g/mol. The number of para-hydroxylation sites is 1. The number of carbonyl (C=O) groups is 1. The van der Waals surface area contributed by atoms with E-state index in [-0.39, 0.29) is 17.8 Å². The Bertz CT molecular complexity index is 960. The van der Waals surface area contributed by atoms with Crippen LogP contribution in [0.3, 0.4) is 0 Å². The molecule has 0 aliphatic rings. The number of aromatic nitrogens is 2. The smallest absolute Gasteiger partial charge is 0.226 e. The van der Waals surface area contributed by atoms with Crippen molar-refractivity contribution in [1.82, 2.24) is 9.78 Å². The van der Waals surface area contributed by atoms with Crippen LogP contribution in [0, 0.1) is 13.8 Å². The van der Waals surface area contributed by atoms with Gasteiger partial charge < -0.3 is 5.32 Å². The van der Waals surface area contributed by atoms with Gasteiger partial charge in [-0.1, -0.05) is 24.3 Å². The molecule has 2 aromatic carbocycles. The van der Waals surface area contributed by atoms with Gasteiger partial charge in [0.15, 0.2) is 0 Å². The third-order valence-corrected chi connectivity index (χ3v) is 4.19. The lowest BCUT2D eigenvalue weighted by Gasteiger charge is -2.12. The van der Waals surface area contributed by atoms with Gasteiger partial charge in [-0.15, -0.1) is 0 Å². The highest BCUT2D eigenvalue weighted by Crippen LogP contribution is 2.18. The number of benzene rings is 2. The van der Waals surface area contributed by atoms with Gasteiger partial charge >= 0.3 is 0 Å². The summed E-state index contributed by atoms with van der Waals surface area (Å²) in [5.41, 5.74) is 3.67. The normalized spacial score (nSPS) is 10.8. The number of fused-ring (bicyclic) bond motifs is 1. The van der Waals surface area contributed by atoms with Gasteiger partial charge in [0, 0.05) is 17.5 Å². The van der Waals surface area contributed by atoms with Crippen LogP contribution in [0.25, 0.3) is 10.9 Å². The molecule has 0 bridgehead atoms. The largest absolute Gasteiger partial charge is 0.326 e. The maximum atomic E-state index is 12.2. The molecule has 0 aliphatic carbocycles. The number of nitrogens with one attached hydrogen (secondary N) is 1. The molecular weight excluding hydrogens is 302 g/mol. The molecule has 0 spiro atoms. The zero-order chi connectivity index (χ0) is 17.1. The summed E-state index contributed by atoms with van der Waals surface area (Å²) in [7, 11) is 0. The molecule has 0 atom stereocenters. The number of aryl methyl sites for hydroxylation is 2. The Morgan fingerprint density at radius 2 is 1.92 bits per heavy atom. The van der Waals surface area contributed by atoms with E-state index >= 15 is 0 Å². The average Bonchev–Trinajstić information content (AvgIpc) is 2.59. The average molecular weight is 321 g/mol. The van der Waals surface area contributed by atoms with Gasteiger partial charge in [0.05, 0.1) is 18.3 Å². The standard InChI is InChI=1S/C19H19N3O2/c1-13-6-5-8-16(14(13)2)21-19(24)10-11-22-17-9-4-3-7-15(17)18(23)12-20-22/h3-9,12H,10-11H2,1-2H3,(H,21,24). The Balaban J connectivity index is 1.74. The maximum absolute atomic E-state index is 12.2. The Morgan fingerprint density at radius 1 is 1.12 bits per heavy atom. The van der Waals surface area contributed by atoms with Gasteiger partial charge in [-0.25, -0.2) is 0 Å². The molecule has 0 aliphatic heterocycles. The molecular formula is C19H19N3O2. The number of carbonyl (C=O) groups excluding carboxylic acids is 1. The highest BCUT2D eigenvalue weighted by atomic mass is 16.1. The first-order valence-corrected chi connectivity index (χ1v) is 7.87. The number of amides is 1. The van der Waals surface area contributed by atoms with E-state index in [4.69, 9.17) is 0 Å². The van der Waals surface area contributed by atoms with Crippen LogP contribution in [-0.4, -0.2) is 15.7 Å². The molecule has 24 heavy (non-hydrogen) atoms. The topological polar surface area (TPSA) is 64.0 Å². The van der Waals surface area contributed by atoms with Crippen LogP contribution >= 0.6 is 0 Å². The Labute approximate surface area is 139 Å². The molecule has 0 saturated heterocycles. The van der Waals surface area contributed by atoms with Gasteiger partial charge in [0.2, 0.25) is 11.3 Å². The van der Waals surface area contributed by atoms with Crippen molar-refractivity contribution in [2.24, 2.45) is 0 Å². The fourth-order valence-electron chi connectivity index (χ4n) is 2.65. The van der Waals surface area contributed by atoms with Crippen molar-refractivity contribution in [2.75, 3.05) is 5.32 Å². The van der Waals surface area contributed by atoms with Crippen LogP contribution in [0.4, 0.5) is 5.69 Å². The minimum Gasteiger partial charge on any atom is -0.326 e. The predicted molar refractivity (Wildman–Crippen MR) is 95.2 cm³/mol. The summed E-state index contributed by atoms with van der Waals surface area (Å²) in [6.45, 7) is 4.42. The van der Waals surface area contributed by atoms with Gasteiger partial charge in [-0.3, -0.25) is 14.3 Å². The maximum Gasteiger partial charge on any atom is 0.226 e. The summed E-state index contributed by atoms with van der Waals surface area (Å²) in [4.78, 5) is 24.1. The van der Waals surface area contributed by atoms with Gasteiger partial charge in [-0.2, -0.15) is 5.10 Å². The summed E-state index contributed by atoms with van der Waals surface area (Å²) in [5.74, 6) is -0.0757. The zero-order valence-electron chi connectivity index (χ0n) is 13.7. The quantitative estimate of drug-likeness (QED) is 0.803. The van der Waals surface area contributed by atoms with Crippen LogP contribution in [0.2, 0.25) is 0 Å². The van der Waals surface area contributed by atoms with Crippen LogP contribution in [0.5, 0.6) is 0 Å². The summed E-state index contributed by atoms with van der Waals surface area (Å²) in [6, 6.07) is 13.1. The van der Waals surface area contributed by atoms with Crippen LogP contribution in [0.1, 0.15) is 17.5 Å². The molecule has 1 heterocycles. The number of rotatable bonds is 4. The molecule has 1 aromatic heterocycles. The van der Waals surface area contributed by atoms with Gasteiger partial charge in [-0.05, 0) is 43.2 Å². The molecule has 0 fully saturated rings. The second-order valence-electron chi connectivity index (χ2n) is 5.79. The third-order valence-electron chi connectivity index (χ3n) is 4.19. The van der Waals surface area contributed by atoms with Crippen molar-refractivity contribution < 1.29 is 4.79 Å². The van der Waals surface area contributed by atoms with Crippen LogP contribution in [-0.2, 0) is 11.3 Å². The van der Waals surface area contributed by atoms with E-state index in [0.717, 1.165) is 22.3 Å². The summed E-state index contributed by atoms with van der Waals surface area (Å²) < 4.78 is 1.69. The van der Waals surface area contributed by atoms with Crippen molar-refractivity contribution in [3.8, 4) is 0 Å². The third kappa shape index (κ3) is 3.20. The van der Waals surface area contributed by atoms with Crippen LogP contribution in [0.15, 0.2) is 53.5 Å². The van der Waals surface area contributed by atoms with E-state index in [2.05, 4.69) is 10.4 Å². The Morgan fingerprint density at radius 3 is 2.75 bits per heavy atom. The molecule has 5 nitrogen and oxygen atoms in total. The van der Waals surface area contributed by atoms with E-state index < -0.39 is 0 Å². The Kier molecular flexibility index (Phi) is 4.42. The van der Waals surface area contributed by atoms with Crippen molar-refractivity contribution in [1.29, 1.82) is 0 Å². The molecule has 5 heteroatoms. The van der Waals surface area contributed by atoms with E-state index in [9.17, 15) is 9.59 Å². The molecule has 0 saturated carbocycles. The van der Waals surface area contributed by atoms with Crippen molar-refractivity contribution in [3.63, 3.8) is 0 Å². The molecule has 3 aromatic rings. The SMILES string of the molecule is Cc1cccc(NC(=O)CCn2ncc(=O)c3ccccc32)c1C. The summed E-state index contributed by atoms with van der Waals surface area (Å²) in [5, 5.41) is 7.69. The zero-order valence-corrected chi connectivity index (χ0v) is 13.7. The fraction of sp³-hybridized carbons (Fsp3) is 0.211. The highest BCUT2D eigenvalue weighted by Gasteiger charge is 2.08. The molecule has 0 unspecified atom stereocenters. The minimum absolute atomic E-state index is 0.0757. The van der Waals surface area contributed by atoms with Crippen molar-refractivity contribution in [3.05, 3.63) is 70.0 Å². The first kappa shape index (κ1) is 15.9. The van der Waals surface area contributed by atoms with Crippen molar-refractivity contribution >= 4 is 22.5 Å². The number of nitrogens with zero attached hydrogens (tertiary/aromatic N) is 2. The molecule has 122 valence electrons. The Hall–Kier alpha value is -2.95. The lowest BCUT2D eigenvalue weighted by atomic mass is 10.1. The minimum atomic E-state index is -0.110. The second kappa shape index (κ2) is 6.66. The lowest BCUT2D eigenvalue weighted by Crippen LogP contribution is -2.18. The van der Waals surface area contributed by atoms with E-state index in [0.29, 0.717) is 11.9 Å². The second-order valence-corrected chi connectivity index (χ2v) is 5.79. The molecule has 1 N–H and O–H groups in total. The van der Waals surface area contributed by atoms with Gasteiger partial charge in [0.25, 0.3) is 0 Å². The highest BCUT2D eigenvalue weighted by molar-refractivity contribution is 5.91. The number of hydrogen-bond donors (Lipinski definition) is 1. The lowest BCUT2D eigenvalue weighted by molar-refractivity contribution is -0.116. The van der Waals surface area contributed by atoms with Crippen LogP contribution < -0.4 is 10.7 Å². The molecule has 3 rings (SSSR count). The van der Waals surface area contributed by atoms with Crippen molar-refractivity contribution in [2.45, 2.75) is 26.8 Å². The fourth-order valence-corrected chi connectivity index (χ4v) is 2.65. The van der Waals surface area contributed by atoms with E-state index in [1.807, 2.05) is 50.2 Å². The number of anilines is 1. The first-order valence-electron chi connectivity index (χ1n) is 7.87. The van der Waals surface area contributed by atoms with E-state index in [1.54, 1.807) is 10.7 Å². The summed E-state index contributed by atoms with van der Waals surface area (Å²) in [6.07, 6.45) is 1.58. The number of hydrogen-bond acceptors (Lipinski definition) is 3. The van der Waals surface area contributed by atoms with E-state index in [1.165, 1.54) is 6.20 Å². The first-order chi connectivity index (χ1) is 11.6. The molecule has 1 amide bonds.